The third-order valence-corrected chi connectivity index (χ3v) is 5.75. The van der Waals surface area contributed by atoms with E-state index in [1.165, 1.54) is 4.31 Å². The highest BCUT2D eigenvalue weighted by Gasteiger charge is 2.27. The molecule has 96 valence electrons. The van der Waals surface area contributed by atoms with E-state index in [-0.39, 0.29) is 5.75 Å². The molecule has 7 heteroatoms. The van der Waals surface area contributed by atoms with Gasteiger partial charge in [-0.3, -0.25) is 0 Å². The van der Waals surface area contributed by atoms with Crippen molar-refractivity contribution in [3.63, 3.8) is 0 Å². The van der Waals surface area contributed by atoms with Gasteiger partial charge in [-0.1, -0.05) is 17.3 Å². The van der Waals surface area contributed by atoms with Crippen molar-refractivity contribution in [1.29, 1.82) is 0 Å². The quantitative estimate of drug-likeness (QED) is 0.858. The maximum Gasteiger partial charge on any atom is 0.220 e. The minimum Gasteiger partial charge on any atom is -0.356 e. The van der Waals surface area contributed by atoms with Crippen LogP contribution in [0.15, 0.2) is 28.8 Å². The lowest BCUT2D eigenvalue weighted by Crippen LogP contribution is -2.29. The van der Waals surface area contributed by atoms with Crippen molar-refractivity contribution in [3.8, 4) is 0 Å². The zero-order chi connectivity index (χ0) is 12.6. The second kappa shape index (κ2) is 4.56. The first-order valence-electron chi connectivity index (χ1n) is 5.56. The van der Waals surface area contributed by atoms with Crippen LogP contribution in [0.2, 0.25) is 0 Å². The molecule has 0 saturated carbocycles. The fourth-order valence-electron chi connectivity index (χ4n) is 1.92. The van der Waals surface area contributed by atoms with E-state index in [1.807, 2.05) is 18.2 Å². The molecule has 1 fully saturated rings. The maximum absolute atomic E-state index is 12.2. The van der Waals surface area contributed by atoms with Gasteiger partial charge in [-0.15, -0.1) is 11.8 Å². The average molecular weight is 284 g/mol. The molecule has 1 aliphatic heterocycles. The number of sulfonamides is 1. The summed E-state index contributed by atoms with van der Waals surface area (Å²) in [6.45, 7) is 0.586. The summed E-state index contributed by atoms with van der Waals surface area (Å²) in [6, 6.07) is 7.30. The zero-order valence-electron chi connectivity index (χ0n) is 9.57. The van der Waals surface area contributed by atoms with Crippen molar-refractivity contribution in [2.45, 2.75) is 5.75 Å². The van der Waals surface area contributed by atoms with Crippen LogP contribution in [0.4, 0.5) is 0 Å². The first-order valence-corrected chi connectivity index (χ1v) is 8.32. The van der Waals surface area contributed by atoms with E-state index in [4.69, 9.17) is 4.52 Å². The number of aromatic nitrogens is 1. The summed E-state index contributed by atoms with van der Waals surface area (Å²) in [6.07, 6.45) is 0. The van der Waals surface area contributed by atoms with Crippen LogP contribution in [-0.2, 0) is 15.8 Å². The highest BCUT2D eigenvalue weighted by Crippen LogP contribution is 2.23. The SMILES string of the molecule is O=S(=O)(Cc1noc2ccccc12)N1CCSC1. The van der Waals surface area contributed by atoms with Gasteiger partial charge in [0.15, 0.2) is 5.58 Å². The molecule has 5 nitrogen and oxygen atoms in total. The first kappa shape index (κ1) is 12.0. The predicted molar refractivity (Wildman–Crippen MR) is 70.7 cm³/mol. The molecule has 1 aromatic carbocycles. The Morgan fingerprint density at radius 3 is 3.00 bits per heavy atom. The largest absolute Gasteiger partial charge is 0.356 e. The molecule has 2 heterocycles. The van der Waals surface area contributed by atoms with Crippen LogP contribution < -0.4 is 0 Å². The summed E-state index contributed by atoms with van der Waals surface area (Å²) in [5, 5.41) is 4.64. The molecule has 0 unspecified atom stereocenters. The number of hydrogen-bond acceptors (Lipinski definition) is 5. The van der Waals surface area contributed by atoms with Gasteiger partial charge in [0.2, 0.25) is 10.0 Å². The monoisotopic (exact) mass is 284 g/mol. The number of nitrogens with zero attached hydrogens (tertiary/aromatic N) is 2. The predicted octanol–water partition coefficient (Wildman–Crippen LogP) is 1.66. The Labute approximate surface area is 109 Å². The van der Waals surface area contributed by atoms with Crippen molar-refractivity contribution in [1.82, 2.24) is 9.46 Å². The highest BCUT2D eigenvalue weighted by molar-refractivity contribution is 8.00. The number of benzene rings is 1. The van der Waals surface area contributed by atoms with Gasteiger partial charge in [-0.05, 0) is 12.1 Å². The topological polar surface area (TPSA) is 63.4 Å². The van der Waals surface area contributed by atoms with Crippen LogP contribution in [-0.4, -0.2) is 36.1 Å². The highest BCUT2D eigenvalue weighted by atomic mass is 32.2. The molecule has 0 spiro atoms. The molecule has 2 aromatic rings. The molecule has 1 saturated heterocycles. The maximum atomic E-state index is 12.2. The number of rotatable bonds is 3. The van der Waals surface area contributed by atoms with E-state index in [0.29, 0.717) is 23.7 Å². The second-order valence-corrected chi connectivity index (χ2v) is 7.14. The van der Waals surface area contributed by atoms with Crippen molar-refractivity contribution in [3.05, 3.63) is 30.0 Å². The molecule has 1 aliphatic rings. The van der Waals surface area contributed by atoms with Crippen molar-refractivity contribution in [2.24, 2.45) is 0 Å². The van der Waals surface area contributed by atoms with Crippen LogP contribution >= 0.6 is 11.8 Å². The lowest BCUT2D eigenvalue weighted by Gasteiger charge is -2.13. The lowest BCUT2D eigenvalue weighted by atomic mass is 10.2. The first-order chi connectivity index (χ1) is 8.67. The third-order valence-electron chi connectivity index (χ3n) is 2.88. The number of fused-ring (bicyclic) bond motifs is 1. The van der Waals surface area contributed by atoms with Crippen molar-refractivity contribution < 1.29 is 12.9 Å². The van der Waals surface area contributed by atoms with E-state index in [2.05, 4.69) is 5.16 Å². The third kappa shape index (κ3) is 2.13. The van der Waals surface area contributed by atoms with Gasteiger partial charge >= 0.3 is 0 Å². The van der Waals surface area contributed by atoms with Gasteiger partial charge < -0.3 is 4.52 Å². The molecule has 0 aliphatic carbocycles. The van der Waals surface area contributed by atoms with Crippen molar-refractivity contribution in [2.75, 3.05) is 18.2 Å². The standard InChI is InChI=1S/C11H12N2O3S2/c14-18(15,13-5-6-17-8-13)7-10-9-3-1-2-4-11(9)16-12-10/h1-4H,5-8H2. The second-order valence-electron chi connectivity index (χ2n) is 4.09. The van der Waals surface area contributed by atoms with E-state index < -0.39 is 10.0 Å². The summed E-state index contributed by atoms with van der Waals surface area (Å²) in [5.41, 5.74) is 1.11. The van der Waals surface area contributed by atoms with E-state index in [1.54, 1.807) is 17.8 Å². The Kier molecular flexibility index (Phi) is 3.04. The Balaban J connectivity index is 1.92. The molecule has 0 amide bonds. The van der Waals surface area contributed by atoms with E-state index in [0.717, 1.165) is 11.1 Å². The van der Waals surface area contributed by atoms with Gasteiger partial charge in [0.05, 0.1) is 5.88 Å². The summed E-state index contributed by atoms with van der Waals surface area (Å²) >= 11 is 1.63. The van der Waals surface area contributed by atoms with Crippen LogP contribution in [0.5, 0.6) is 0 Å². The molecule has 18 heavy (non-hydrogen) atoms. The molecular weight excluding hydrogens is 272 g/mol. The van der Waals surface area contributed by atoms with E-state index in [9.17, 15) is 8.42 Å². The molecule has 0 atom stereocenters. The minimum atomic E-state index is -3.28. The normalized spacial score (nSPS) is 17.6. The van der Waals surface area contributed by atoms with Crippen LogP contribution in [0.1, 0.15) is 5.69 Å². The summed E-state index contributed by atoms with van der Waals surface area (Å²) < 4.78 is 31.0. The molecule has 0 N–H and O–H groups in total. The van der Waals surface area contributed by atoms with Gasteiger partial charge in [0.1, 0.15) is 11.4 Å². The number of para-hydroxylation sites is 1. The molecule has 0 radical (unpaired) electrons. The summed E-state index contributed by atoms with van der Waals surface area (Å²) in [4.78, 5) is 0. The van der Waals surface area contributed by atoms with Gasteiger partial charge in [0.25, 0.3) is 0 Å². The Hall–Kier alpha value is -1.05. The molecule has 1 aromatic heterocycles. The van der Waals surface area contributed by atoms with E-state index >= 15 is 0 Å². The number of hydrogen-bond donors (Lipinski definition) is 0. The molecule has 0 bridgehead atoms. The number of thioether (sulfide) groups is 1. The van der Waals surface area contributed by atoms with Crippen LogP contribution in [0, 0.1) is 0 Å². The lowest BCUT2D eigenvalue weighted by molar-refractivity contribution is 0.445. The fraction of sp³-hybridized carbons (Fsp3) is 0.364. The van der Waals surface area contributed by atoms with Gasteiger partial charge in [-0.2, -0.15) is 4.31 Å². The Morgan fingerprint density at radius 1 is 1.39 bits per heavy atom. The summed E-state index contributed by atoms with van der Waals surface area (Å²) in [5.74, 6) is 1.31. The molecule has 3 rings (SSSR count). The van der Waals surface area contributed by atoms with Crippen LogP contribution in [0.25, 0.3) is 11.0 Å². The Bertz CT molecular complexity index is 660. The molecular formula is C11H12N2O3S2. The van der Waals surface area contributed by atoms with Gasteiger partial charge in [-0.25, -0.2) is 8.42 Å². The minimum absolute atomic E-state index is 0.0927. The zero-order valence-corrected chi connectivity index (χ0v) is 11.2. The fourth-order valence-corrected chi connectivity index (χ4v) is 4.82. The Morgan fingerprint density at radius 2 is 2.22 bits per heavy atom. The summed E-state index contributed by atoms with van der Waals surface area (Å²) in [7, 11) is -3.28. The smallest absolute Gasteiger partial charge is 0.220 e. The van der Waals surface area contributed by atoms with Gasteiger partial charge in [0, 0.05) is 17.7 Å². The van der Waals surface area contributed by atoms with Crippen LogP contribution in [0.3, 0.4) is 0 Å². The van der Waals surface area contributed by atoms with Crippen molar-refractivity contribution >= 4 is 32.8 Å². The average Bonchev–Trinajstić information content (AvgIpc) is 2.99.